The first kappa shape index (κ1) is 12.4. The summed E-state index contributed by atoms with van der Waals surface area (Å²) in [6.45, 7) is 5.32. The molecule has 0 unspecified atom stereocenters. The molecule has 0 saturated heterocycles. The molecule has 0 radical (unpaired) electrons. The van der Waals surface area contributed by atoms with E-state index in [0.717, 1.165) is 0 Å². The van der Waals surface area contributed by atoms with Crippen LogP contribution in [0.1, 0.15) is 19.4 Å². The third-order valence-electron chi connectivity index (χ3n) is 1.70. The van der Waals surface area contributed by atoms with E-state index in [2.05, 4.69) is 12.1 Å². The summed E-state index contributed by atoms with van der Waals surface area (Å²) in [5, 5.41) is 0. The molecule has 3 heteroatoms. The Bertz CT molecular complexity index is 279. The van der Waals surface area contributed by atoms with E-state index in [4.69, 9.17) is 9.05 Å². The normalized spacial score (nSPS) is 11.4. The van der Waals surface area contributed by atoms with Crippen LogP contribution in [0.15, 0.2) is 36.1 Å². The van der Waals surface area contributed by atoms with Crippen molar-refractivity contribution in [3.8, 4) is 0 Å². The third kappa shape index (κ3) is 5.08. The number of benzene rings is 1. The zero-order valence-electron chi connectivity index (χ0n) is 9.22. The van der Waals surface area contributed by atoms with Gasteiger partial charge in [-0.2, -0.15) is 0 Å². The Morgan fingerprint density at radius 2 is 1.67 bits per heavy atom. The minimum atomic E-state index is -0.865. The molecule has 0 spiro atoms. The monoisotopic (exact) mass is 224 g/mol. The molecule has 1 aromatic rings. The van der Waals surface area contributed by atoms with Gasteiger partial charge in [0.25, 0.3) is 0 Å². The second kappa shape index (κ2) is 7.58. The van der Waals surface area contributed by atoms with Crippen LogP contribution >= 0.6 is 8.38 Å². The van der Waals surface area contributed by atoms with Crippen LogP contribution in [0, 0.1) is 0 Å². The molecule has 0 saturated carbocycles. The zero-order valence-corrected chi connectivity index (χ0v) is 10.1. The maximum absolute atomic E-state index is 5.46. The molecule has 0 bridgehead atoms. The Kier molecular flexibility index (Phi) is 6.26. The minimum absolute atomic E-state index is 0.685. The lowest BCUT2D eigenvalue weighted by atomic mass is 10.2. The van der Waals surface area contributed by atoms with Gasteiger partial charge in [0.15, 0.2) is 8.38 Å². The van der Waals surface area contributed by atoms with E-state index in [1.807, 2.05) is 43.9 Å². The molecular weight excluding hydrogens is 207 g/mol. The van der Waals surface area contributed by atoms with Crippen molar-refractivity contribution in [1.29, 1.82) is 0 Å². The third-order valence-corrected chi connectivity index (χ3v) is 3.12. The molecule has 1 aromatic carbocycles. The summed E-state index contributed by atoms with van der Waals surface area (Å²) < 4.78 is 10.9. The Labute approximate surface area is 92.8 Å². The predicted molar refractivity (Wildman–Crippen MR) is 65.6 cm³/mol. The molecule has 0 heterocycles. The van der Waals surface area contributed by atoms with Crippen LogP contribution in [0.4, 0.5) is 0 Å². The summed E-state index contributed by atoms with van der Waals surface area (Å²) in [5.41, 5.74) is 1.17. The van der Waals surface area contributed by atoms with Crippen LogP contribution in [0.2, 0.25) is 0 Å². The fraction of sp³-hybridized carbons (Fsp3) is 0.333. The zero-order chi connectivity index (χ0) is 10.9. The topological polar surface area (TPSA) is 18.5 Å². The van der Waals surface area contributed by atoms with Gasteiger partial charge in [0.2, 0.25) is 0 Å². The van der Waals surface area contributed by atoms with Gasteiger partial charge in [-0.1, -0.05) is 30.3 Å². The van der Waals surface area contributed by atoms with E-state index in [1.165, 1.54) is 5.56 Å². The van der Waals surface area contributed by atoms with Crippen LogP contribution in [-0.4, -0.2) is 13.2 Å². The second-order valence-electron chi connectivity index (χ2n) is 2.85. The standard InChI is InChI=1S/C12H17O2P/c1-3-13-15(14-4-2)11-10-12-8-6-5-7-9-12/h5-11H,3-4H2,1-2H3/b11-10+. The summed E-state index contributed by atoms with van der Waals surface area (Å²) >= 11 is 0. The van der Waals surface area contributed by atoms with Gasteiger partial charge in [-0.15, -0.1) is 0 Å². The van der Waals surface area contributed by atoms with Gasteiger partial charge in [0, 0.05) is 0 Å². The average molecular weight is 224 g/mol. The summed E-state index contributed by atoms with van der Waals surface area (Å²) in [6.07, 6.45) is 2.04. The van der Waals surface area contributed by atoms with E-state index in [0.29, 0.717) is 13.2 Å². The summed E-state index contributed by atoms with van der Waals surface area (Å²) in [4.78, 5) is 0. The van der Waals surface area contributed by atoms with Crippen molar-refractivity contribution in [2.24, 2.45) is 0 Å². The van der Waals surface area contributed by atoms with E-state index < -0.39 is 8.38 Å². The Hall–Kier alpha value is -0.690. The Morgan fingerprint density at radius 1 is 1.07 bits per heavy atom. The summed E-state index contributed by atoms with van der Waals surface area (Å²) in [6, 6.07) is 10.2. The van der Waals surface area contributed by atoms with E-state index in [-0.39, 0.29) is 0 Å². The first-order valence-electron chi connectivity index (χ1n) is 5.15. The lowest BCUT2D eigenvalue weighted by Gasteiger charge is -2.10. The SMILES string of the molecule is CCOP(/C=C/c1ccccc1)OCC. The number of hydrogen-bond acceptors (Lipinski definition) is 2. The molecule has 0 atom stereocenters. The number of hydrogen-bond donors (Lipinski definition) is 0. The van der Waals surface area contributed by atoms with Crippen LogP contribution in [0.5, 0.6) is 0 Å². The fourth-order valence-corrected chi connectivity index (χ4v) is 2.14. The predicted octanol–water partition coefficient (Wildman–Crippen LogP) is 4.04. The van der Waals surface area contributed by atoms with Crippen LogP contribution < -0.4 is 0 Å². The molecule has 15 heavy (non-hydrogen) atoms. The fourth-order valence-electron chi connectivity index (χ4n) is 1.09. The molecule has 1 rings (SSSR count). The molecule has 0 aromatic heterocycles. The lowest BCUT2D eigenvalue weighted by molar-refractivity contribution is 0.277. The maximum atomic E-state index is 5.46. The highest BCUT2D eigenvalue weighted by atomic mass is 31.2. The van der Waals surface area contributed by atoms with Crippen molar-refractivity contribution in [3.05, 3.63) is 41.7 Å². The molecule has 82 valence electrons. The molecule has 0 N–H and O–H groups in total. The maximum Gasteiger partial charge on any atom is 0.197 e. The van der Waals surface area contributed by atoms with Gasteiger partial charge < -0.3 is 9.05 Å². The average Bonchev–Trinajstić information content (AvgIpc) is 2.28. The first-order chi connectivity index (χ1) is 7.36. The molecule has 0 fully saturated rings. The highest BCUT2D eigenvalue weighted by molar-refractivity contribution is 7.51. The van der Waals surface area contributed by atoms with Gasteiger partial charge >= 0.3 is 0 Å². The van der Waals surface area contributed by atoms with Crippen molar-refractivity contribution in [3.63, 3.8) is 0 Å². The van der Waals surface area contributed by atoms with Gasteiger partial charge in [-0.05, 0) is 31.3 Å². The van der Waals surface area contributed by atoms with E-state index >= 15 is 0 Å². The molecule has 0 amide bonds. The van der Waals surface area contributed by atoms with Crippen LogP contribution in [0.3, 0.4) is 0 Å². The number of rotatable bonds is 6. The minimum Gasteiger partial charge on any atom is -0.331 e. The van der Waals surface area contributed by atoms with Crippen LogP contribution in [0.25, 0.3) is 6.08 Å². The van der Waals surface area contributed by atoms with Crippen molar-refractivity contribution in [2.45, 2.75) is 13.8 Å². The van der Waals surface area contributed by atoms with Crippen molar-refractivity contribution >= 4 is 14.5 Å². The van der Waals surface area contributed by atoms with Gasteiger partial charge in [-0.25, -0.2) is 0 Å². The Morgan fingerprint density at radius 3 is 2.20 bits per heavy atom. The molecule has 0 aliphatic rings. The first-order valence-corrected chi connectivity index (χ1v) is 6.39. The van der Waals surface area contributed by atoms with Gasteiger partial charge in [-0.3, -0.25) is 0 Å². The van der Waals surface area contributed by atoms with Gasteiger partial charge in [0.05, 0.1) is 13.2 Å². The second-order valence-corrected chi connectivity index (χ2v) is 4.23. The van der Waals surface area contributed by atoms with Crippen molar-refractivity contribution in [2.75, 3.05) is 13.2 Å². The summed E-state index contributed by atoms with van der Waals surface area (Å²) in [7, 11) is -0.865. The van der Waals surface area contributed by atoms with Crippen molar-refractivity contribution < 1.29 is 9.05 Å². The van der Waals surface area contributed by atoms with Gasteiger partial charge in [0.1, 0.15) is 0 Å². The smallest absolute Gasteiger partial charge is 0.197 e. The molecule has 0 aliphatic heterocycles. The highest BCUT2D eigenvalue weighted by Gasteiger charge is 2.02. The van der Waals surface area contributed by atoms with Crippen LogP contribution in [-0.2, 0) is 9.05 Å². The van der Waals surface area contributed by atoms with E-state index in [9.17, 15) is 0 Å². The van der Waals surface area contributed by atoms with Crippen molar-refractivity contribution in [1.82, 2.24) is 0 Å². The molecule has 0 aliphatic carbocycles. The molecular formula is C12H17O2P. The quantitative estimate of drug-likeness (QED) is 0.679. The Balaban J connectivity index is 2.53. The summed E-state index contributed by atoms with van der Waals surface area (Å²) in [5.74, 6) is 2.00. The highest BCUT2D eigenvalue weighted by Crippen LogP contribution is 2.40. The lowest BCUT2D eigenvalue weighted by Crippen LogP contribution is -1.87. The van der Waals surface area contributed by atoms with E-state index in [1.54, 1.807) is 0 Å². The largest absolute Gasteiger partial charge is 0.331 e. The molecule has 2 nitrogen and oxygen atoms in total.